The number of hydrogen-bond acceptors (Lipinski definition) is 2. The molecule has 2 aromatic carbocycles. The van der Waals surface area contributed by atoms with E-state index in [0.717, 1.165) is 37.8 Å². The van der Waals surface area contributed by atoms with Crippen molar-refractivity contribution in [3.8, 4) is 0 Å². The lowest BCUT2D eigenvalue weighted by atomic mass is 10.0. The first kappa shape index (κ1) is 17.3. The second-order valence-electron chi connectivity index (χ2n) is 6.29. The second-order valence-corrected chi connectivity index (χ2v) is 7.64. The number of rotatable bonds is 4. The fraction of sp³-hybridized carbons (Fsp3) is 0.150. The molecule has 3 aromatic rings. The standard InChI is InChI=1S/C20H17BrClN3O/c21-13-1-3-15-11(7-13)9-16(19(15)20(26)24-6-5-23)18-10-12-8-14(22)2-4-17(12)25-18/h1-4,7-8,10,25H,5-6,9,23H2,(H,24,26). The molecule has 1 aliphatic rings. The minimum absolute atomic E-state index is 0.0942. The van der Waals surface area contributed by atoms with E-state index in [4.69, 9.17) is 17.3 Å². The highest BCUT2D eigenvalue weighted by molar-refractivity contribution is 9.10. The number of benzene rings is 2. The number of aromatic amines is 1. The quantitative estimate of drug-likeness (QED) is 0.582. The summed E-state index contributed by atoms with van der Waals surface area (Å²) in [5, 5.41) is 4.62. The lowest BCUT2D eigenvalue weighted by Crippen LogP contribution is -2.29. The zero-order chi connectivity index (χ0) is 18.3. The van der Waals surface area contributed by atoms with E-state index in [1.165, 1.54) is 0 Å². The van der Waals surface area contributed by atoms with Gasteiger partial charge in [-0.3, -0.25) is 4.79 Å². The van der Waals surface area contributed by atoms with Crippen LogP contribution in [0.2, 0.25) is 5.02 Å². The Morgan fingerprint density at radius 1 is 1.23 bits per heavy atom. The van der Waals surface area contributed by atoms with Crippen LogP contribution in [0.3, 0.4) is 0 Å². The molecule has 4 N–H and O–H groups in total. The molecule has 1 heterocycles. The van der Waals surface area contributed by atoms with Gasteiger partial charge in [0.2, 0.25) is 0 Å². The zero-order valence-corrected chi connectivity index (χ0v) is 16.2. The highest BCUT2D eigenvalue weighted by Crippen LogP contribution is 2.40. The molecular weight excluding hydrogens is 414 g/mol. The second kappa shape index (κ2) is 6.91. The molecule has 0 radical (unpaired) electrons. The number of allylic oxidation sites excluding steroid dienone is 1. The van der Waals surface area contributed by atoms with Gasteiger partial charge in [0.05, 0.1) is 5.57 Å². The van der Waals surface area contributed by atoms with E-state index in [9.17, 15) is 4.79 Å². The maximum atomic E-state index is 12.8. The van der Waals surface area contributed by atoms with E-state index in [1.807, 2.05) is 36.4 Å². The van der Waals surface area contributed by atoms with Gasteiger partial charge in [0.1, 0.15) is 0 Å². The Bertz CT molecular complexity index is 1050. The van der Waals surface area contributed by atoms with Crippen molar-refractivity contribution in [2.45, 2.75) is 6.42 Å². The molecule has 26 heavy (non-hydrogen) atoms. The van der Waals surface area contributed by atoms with Crippen molar-refractivity contribution in [2.75, 3.05) is 13.1 Å². The van der Waals surface area contributed by atoms with Crippen LogP contribution < -0.4 is 11.1 Å². The summed E-state index contributed by atoms with van der Waals surface area (Å²) in [5.74, 6) is -0.0942. The number of halogens is 2. The summed E-state index contributed by atoms with van der Waals surface area (Å²) in [5.41, 5.74) is 11.3. The highest BCUT2D eigenvalue weighted by atomic mass is 79.9. The molecule has 4 rings (SSSR count). The van der Waals surface area contributed by atoms with Gasteiger partial charge in [-0.05, 0) is 53.1 Å². The Balaban J connectivity index is 1.85. The summed E-state index contributed by atoms with van der Waals surface area (Å²) >= 11 is 9.63. The molecule has 0 spiro atoms. The number of hydrogen-bond donors (Lipinski definition) is 3. The first-order valence-corrected chi connectivity index (χ1v) is 9.53. The van der Waals surface area contributed by atoms with Crippen LogP contribution in [0.1, 0.15) is 16.8 Å². The molecule has 0 saturated heterocycles. The predicted octanol–water partition coefficient (Wildman–Crippen LogP) is 4.13. The van der Waals surface area contributed by atoms with Crippen LogP contribution in [0.5, 0.6) is 0 Å². The Morgan fingerprint density at radius 3 is 2.88 bits per heavy atom. The number of nitrogens with one attached hydrogen (secondary N) is 2. The number of fused-ring (bicyclic) bond motifs is 2. The van der Waals surface area contributed by atoms with Crippen molar-refractivity contribution in [3.05, 3.63) is 68.8 Å². The number of aromatic nitrogens is 1. The van der Waals surface area contributed by atoms with Gasteiger partial charge in [-0.2, -0.15) is 0 Å². The zero-order valence-electron chi connectivity index (χ0n) is 13.9. The topological polar surface area (TPSA) is 70.9 Å². The predicted molar refractivity (Wildman–Crippen MR) is 110 cm³/mol. The summed E-state index contributed by atoms with van der Waals surface area (Å²) in [7, 11) is 0. The number of carbonyl (C=O) groups excluding carboxylic acids is 1. The molecule has 0 bridgehead atoms. The maximum absolute atomic E-state index is 12.8. The van der Waals surface area contributed by atoms with E-state index < -0.39 is 0 Å². The summed E-state index contributed by atoms with van der Waals surface area (Å²) in [4.78, 5) is 16.3. The van der Waals surface area contributed by atoms with Crippen LogP contribution in [0, 0.1) is 0 Å². The number of amides is 1. The highest BCUT2D eigenvalue weighted by Gasteiger charge is 2.28. The molecule has 0 fully saturated rings. The fourth-order valence-corrected chi connectivity index (χ4v) is 4.01. The summed E-state index contributed by atoms with van der Waals surface area (Å²) in [6.45, 7) is 0.857. The Labute approximate surface area is 164 Å². The van der Waals surface area contributed by atoms with Crippen LogP contribution in [0.4, 0.5) is 0 Å². The van der Waals surface area contributed by atoms with Crippen molar-refractivity contribution in [1.82, 2.24) is 10.3 Å². The van der Waals surface area contributed by atoms with Gasteiger partial charge in [0, 0.05) is 45.6 Å². The van der Waals surface area contributed by atoms with Crippen molar-refractivity contribution in [2.24, 2.45) is 5.73 Å². The monoisotopic (exact) mass is 429 g/mol. The average Bonchev–Trinajstić information content (AvgIpc) is 3.19. The number of nitrogens with two attached hydrogens (primary N) is 1. The average molecular weight is 431 g/mol. The van der Waals surface area contributed by atoms with Crippen molar-refractivity contribution >= 4 is 55.5 Å². The third-order valence-corrected chi connectivity index (χ3v) is 5.30. The summed E-state index contributed by atoms with van der Waals surface area (Å²) in [6, 6.07) is 13.8. The number of H-pyrrole nitrogens is 1. The van der Waals surface area contributed by atoms with Gasteiger partial charge in [0.15, 0.2) is 0 Å². The van der Waals surface area contributed by atoms with Gasteiger partial charge in [0.25, 0.3) is 5.91 Å². The van der Waals surface area contributed by atoms with Crippen molar-refractivity contribution in [1.29, 1.82) is 0 Å². The van der Waals surface area contributed by atoms with E-state index in [1.54, 1.807) is 0 Å². The third kappa shape index (κ3) is 3.07. The minimum atomic E-state index is -0.0942. The van der Waals surface area contributed by atoms with Gasteiger partial charge < -0.3 is 16.0 Å². The molecule has 1 aliphatic carbocycles. The first-order valence-electron chi connectivity index (χ1n) is 8.35. The largest absolute Gasteiger partial charge is 0.355 e. The van der Waals surface area contributed by atoms with Crippen LogP contribution in [0.25, 0.3) is 22.0 Å². The molecule has 0 unspecified atom stereocenters. The Kier molecular flexibility index (Phi) is 4.61. The van der Waals surface area contributed by atoms with Crippen LogP contribution in [-0.4, -0.2) is 24.0 Å². The summed E-state index contributed by atoms with van der Waals surface area (Å²) < 4.78 is 1.00. The molecule has 1 amide bonds. The number of carbonyl (C=O) groups is 1. The molecule has 1 aromatic heterocycles. The van der Waals surface area contributed by atoms with E-state index in [-0.39, 0.29) is 5.91 Å². The van der Waals surface area contributed by atoms with E-state index in [2.05, 4.69) is 32.3 Å². The molecule has 4 nitrogen and oxygen atoms in total. The van der Waals surface area contributed by atoms with Gasteiger partial charge >= 0.3 is 0 Å². The Hall–Kier alpha value is -2.08. The molecule has 0 aliphatic heterocycles. The van der Waals surface area contributed by atoms with Gasteiger partial charge in [-0.1, -0.05) is 33.6 Å². The van der Waals surface area contributed by atoms with Crippen molar-refractivity contribution in [3.63, 3.8) is 0 Å². The normalized spacial score (nSPS) is 13.3. The Morgan fingerprint density at radius 2 is 2.08 bits per heavy atom. The molecule has 0 saturated carbocycles. The molecular formula is C20H17BrClN3O. The third-order valence-electron chi connectivity index (χ3n) is 4.57. The molecule has 0 atom stereocenters. The lowest BCUT2D eigenvalue weighted by molar-refractivity contribution is -0.115. The molecule has 132 valence electrons. The van der Waals surface area contributed by atoms with Gasteiger partial charge in [-0.15, -0.1) is 0 Å². The van der Waals surface area contributed by atoms with Crippen LogP contribution in [-0.2, 0) is 11.2 Å². The minimum Gasteiger partial charge on any atom is -0.355 e. The maximum Gasteiger partial charge on any atom is 0.252 e. The van der Waals surface area contributed by atoms with Crippen LogP contribution in [0.15, 0.2) is 46.9 Å². The summed E-state index contributed by atoms with van der Waals surface area (Å²) in [6.07, 6.45) is 0.695. The van der Waals surface area contributed by atoms with Crippen molar-refractivity contribution < 1.29 is 4.79 Å². The molecule has 6 heteroatoms. The fourth-order valence-electron chi connectivity index (χ4n) is 3.42. The van der Waals surface area contributed by atoms with E-state index >= 15 is 0 Å². The van der Waals surface area contributed by atoms with E-state index in [0.29, 0.717) is 30.1 Å². The van der Waals surface area contributed by atoms with Gasteiger partial charge in [-0.25, -0.2) is 0 Å². The smallest absolute Gasteiger partial charge is 0.252 e. The van der Waals surface area contributed by atoms with Crippen LogP contribution >= 0.6 is 27.5 Å². The SMILES string of the molecule is NCCNC(=O)C1=C(c2cc3cc(Cl)ccc3[nH]2)Cc2cc(Br)ccc21. The lowest BCUT2D eigenvalue weighted by Gasteiger charge is -2.09. The first-order chi connectivity index (χ1) is 12.6.